The van der Waals surface area contributed by atoms with Gasteiger partial charge in [-0.15, -0.1) is 0 Å². The summed E-state index contributed by atoms with van der Waals surface area (Å²) < 4.78 is 5.74. The molecule has 0 spiro atoms. The maximum absolute atomic E-state index is 6.27. The summed E-state index contributed by atoms with van der Waals surface area (Å²) in [5, 5.41) is 4.98. The van der Waals surface area contributed by atoms with Crippen molar-refractivity contribution >= 4 is 34.8 Å². The van der Waals surface area contributed by atoms with E-state index in [0.29, 0.717) is 32.6 Å². The fourth-order valence-corrected chi connectivity index (χ4v) is 2.48. The molecule has 0 atom stereocenters. The third kappa shape index (κ3) is 4.04. The Morgan fingerprint density at radius 1 is 0.952 bits per heavy atom. The van der Waals surface area contributed by atoms with E-state index in [4.69, 9.17) is 39.5 Å². The molecular weight excluding hydrogens is 329 g/mol. The van der Waals surface area contributed by atoms with Crippen molar-refractivity contribution < 1.29 is 4.74 Å². The van der Waals surface area contributed by atoms with E-state index < -0.39 is 0 Å². The third-order valence-corrected chi connectivity index (χ3v) is 4.32. The highest BCUT2D eigenvalue weighted by molar-refractivity contribution is 6.42. The summed E-state index contributed by atoms with van der Waals surface area (Å²) in [4.78, 5) is 0. The molecule has 0 aliphatic heterocycles. The molecule has 0 heterocycles. The van der Waals surface area contributed by atoms with Crippen LogP contribution in [0, 0.1) is 0 Å². The van der Waals surface area contributed by atoms with Gasteiger partial charge in [0.15, 0.2) is 0 Å². The fraction of sp³-hybridized carbons (Fsp3) is 0.250. The molecular formula is C16H14Cl3NO. The molecule has 1 aliphatic rings. The molecule has 0 unspecified atom stereocenters. The Morgan fingerprint density at radius 3 is 2.43 bits per heavy atom. The highest BCUT2D eigenvalue weighted by atomic mass is 35.5. The van der Waals surface area contributed by atoms with Crippen LogP contribution in [0.3, 0.4) is 0 Å². The van der Waals surface area contributed by atoms with E-state index in [9.17, 15) is 0 Å². The van der Waals surface area contributed by atoms with Crippen molar-refractivity contribution in [2.45, 2.75) is 25.4 Å². The van der Waals surface area contributed by atoms with E-state index in [1.54, 1.807) is 18.2 Å². The average Bonchev–Trinajstić information content (AvgIpc) is 3.27. The highest BCUT2D eigenvalue weighted by Gasteiger charge is 2.20. The zero-order chi connectivity index (χ0) is 14.8. The molecule has 1 aliphatic carbocycles. The Morgan fingerprint density at radius 2 is 1.76 bits per heavy atom. The van der Waals surface area contributed by atoms with Crippen LogP contribution in [0.2, 0.25) is 15.1 Å². The molecule has 0 aromatic heterocycles. The Bertz CT molecular complexity index is 656. The van der Waals surface area contributed by atoms with E-state index in [2.05, 4.69) is 5.32 Å². The molecule has 3 rings (SSSR count). The Hall–Kier alpha value is -0.930. The van der Waals surface area contributed by atoms with Gasteiger partial charge in [0.25, 0.3) is 0 Å². The first kappa shape index (κ1) is 15.0. The van der Waals surface area contributed by atoms with Crippen molar-refractivity contribution in [1.82, 2.24) is 5.32 Å². The lowest BCUT2D eigenvalue weighted by Crippen LogP contribution is -2.15. The van der Waals surface area contributed by atoms with Crippen LogP contribution < -0.4 is 10.1 Å². The van der Waals surface area contributed by atoms with Gasteiger partial charge >= 0.3 is 0 Å². The second kappa shape index (κ2) is 6.45. The van der Waals surface area contributed by atoms with Crippen LogP contribution in [0.5, 0.6) is 11.5 Å². The molecule has 110 valence electrons. The van der Waals surface area contributed by atoms with E-state index in [0.717, 1.165) is 12.1 Å². The van der Waals surface area contributed by atoms with Crippen molar-refractivity contribution in [3.05, 3.63) is 57.0 Å². The third-order valence-electron chi connectivity index (χ3n) is 3.29. The Kier molecular flexibility index (Phi) is 4.60. The van der Waals surface area contributed by atoms with Crippen molar-refractivity contribution in [2.75, 3.05) is 0 Å². The standard InChI is InChI=1S/C16H14Cl3NO/c17-13-5-4-12(8-14(13)18)21-16-6-1-10(7-15(16)19)9-20-11-2-3-11/h1,4-8,11,20H,2-3,9H2. The van der Waals surface area contributed by atoms with Crippen LogP contribution in [0.4, 0.5) is 0 Å². The maximum atomic E-state index is 6.27. The monoisotopic (exact) mass is 341 g/mol. The first-order valence-corrected chi connectivity index (χ1v) is 7.90. The number of nitrogens with one attached hydrogen (secondary N) is 1. The molecule has 1 fully saturated rings. The van der Waals surface area contributed by atoms with Crippen LogP contribution >= 0.6 is 34.8 Å². The lowest BCUT2D eigenvalue weighted by molar-refractivity contribution is 0.482. The van der Waals surface area contributed by atoms with E-state index in [1.165, 1.54) is 12.8 Å². The van der Waals surface area contributed by atoms with Crippen LogP contribution in [0.15, 0.2) is 36.4 Å². The SMILES string of the molecule is Clc1ccc(Oc2ccc(CNC3CC3)cc2Cl)cc1Cl. The number of ether oxygens (including phenoxy) is 1. The molecule has 0 radical (unpaired) electrons. The van der Waals surface area contributed by atoms with Crippen molar-refractivity contribution in [3.8, 4) is 11.5 Å². The van der Waals surface area contributed by atoms with Gasteiger partial charge in [0.05, 0.1) is 15.1 Å². The Labute approximate surface area is 139 Å². The van der Waals surface area contributed by atoms with Gasteiger partial charge in [-0.2, -0.15) is 0 Å². The number of rotatable bonds is 5. The topological polar surface area (TPSA) is 21.3 Å². The minimum Gasteiger partial charge on any atom is -0.456 e. The summed E-state index contributed by atoms with van der Waals surface area (Å²) in [5.41, 5.74) is 1.15. The van der Waals surface area contributed by atoms with Gasteiger partial charge in [0, 0.05) is 18.7 Å². The summed E-state index contributed by atoms with van der Waals surface area (Å²) in [7, 11) is 0. The summed E-state index contributed by atoms with van der Waals surface area (Å²) in [6, 6.07) is 11.6. The minimum absolute atomic E-state index is 0.454. The largest absolute Gasteiger partial charge is 0.456 e. The van der Waals surface area contributed by atoms with Crippen LogP contribution in [0.25, 0.3) is 0 Å². The molecule has 1 saturated carbocycles. The molecule has 2 nitrogen and oxygen atoms in total. The van der Waals surface area contributed by atoms with Crippen molar-refractivity contribution in [2.24, 2.45) is 0 Å². The quantitative estimate of drug-likeness (QED) is 0.753. The zero-order valence-electron chi connectivity index (χ0n) is 11.2. The van der Waals surface area contributed by atoms with E-state index >= 15 is 0 Å². The zero-order valence-corrected chi connectivity index (χ0v) is 13.5. The first-order valence-electron chi connectivity index (χ1n) is 6.76. The molecule has 2 aromatic rings. The highest BCUT2D eigenvalue weighted by Crippen LogP contribution is 2.33. The van der Waals surface area contributed by atoms with E-state index in [1.807, 2.05) is 18.2 Å². The van der Waals surface area contributed by atoms with Gasteiger partial charge in [-0.25, -0.2) is 0 Å². The van der Waals surface area contributed by atoms with Gasteiger partial charge in [-0.3, -0.25) is 0 Å². The molecule has 21 heavy (non-hydrogen) atoms. The maximum Gasteiger partial charge on any atom is 0.146 e. The fourth-order valence-electron chi connectivity index (χ4n) is 1.95. The lowest BCUT2D eigenvalue weighted by atomic mass is 10.2. The number of benzene rings is 2. The van der Waals surface area contributed by atoms with Crippen LogP contribution in [-0.2, 0) is 6.54 Å². The molecule has 5 heteroatoms. The average molecular weight is 343 g/mol. The van der Waals surface area contributed by atoms with Gasteiger partial charge < -0.3 is 10.1 Å². The van der Waals surface area contributed by atoms with E-state index in [-0.39, 0.29) is 0 Å². The second-order valence-corrected chi connectivity index (χ2v) is 6.32. The molecule has 1 N–H and O–H groups in total. The number of hydrogen-bond donors (Lipinski definition) is 1. The van der Waals surface area contributed by atoms with Crippen molar-refractivity contribution in [3.63, 3.8) is 0 Å². The van der Waals surface area contributed by atoms with Crippen LogP contribution in [0.1, 0.15) is 18.4 Å². The molecule has 0 amide bonds. The van der Waals surface area contributed by atoms with Gasteiger partial charge in [-0.1, -0.05) is 40.9 Å². The normalized spacial score (nSPS) is 14.2. The summed E-state index contributed by atoms with van der Waals surface area (Å²) in [6.45, 7) is 0.831. The van der Waals surface area contributed by atoms with Gasteiger partial charge in [-0.05, 0) is 42.7 Å². The summed E-state index contributed by atoms with van der Waals surface area (Å²) in [6.07, 6.45) is 2.54. The summed E-state index contributed by atoms with van der Waals surface area (Å²) in [5.74, 6) is 1.21. The second-order valence-electron chi connectivity index (χ2n) is 5.10. The van der Waals surface area contributed by atoms with Gasteiger partial charge in [0.2, 0.25) is 0 Å². The first-order chi connectivity index (χ1) is 10.1. The smallest absolute Gasteiger partial charge is 0.146 e. The Balaban J connectivity index is 1.70. The van der Waals surface area contributed by atoms with Gasteiger partial charge in [0.1, 0.15) is 11.5 Å². The summed E-state index contributed by atoms with van der Waals surface area (Å²) >= 11 is 18.1. The minimum atomic E-state index is 0.454. The predicted molar refractivity (Wildman–Crippen MR) is 87.8 cm³/mol. The molecule has 0 bridgehead atoms. The lowest BCUT2D eigenvalue weighted by Gasteiger charge is -2.10. The van der Waals surface area contributed by atoms with Crippen LogP contribution in [-0.4, -0.2) is 6.04 Å². The number of halogens is 3. The van der Waals surface area contributed by atoms with Crippen molar-refractivity contribution in [1.29, 1.82) is 0 Å². The molecule has 0 saturated heterocycles. The number of hydrogen-bond acceptors (Lipinski definition) is 2. The predicted octanol–water partition coefficient (Wildman–Crippen LogP) is 5.69. The molecule has 2 aromatic carbocycles.